The van der Waals surface area contributed by atoms with Gasteiger partial charge in [-0.2, -0.15) is 0 Å². The number of carbonyl (C=O) groups excluding carboxylic acids is 1. The van der Waals surface area contributed by atoms with Gasteiger partial charge in [0.05, 0.1) is 12.6 Å². The molecule has 0 fully saturated rings. The first kappa shape index (κ1) is 18.6. The van der Waals surface area contributed by atoms with Crippen LogP contribution in [0.25, 0.3) is 10.9 Å². The third-order valence-corrected chi connectivity index (χ3v) is 4.11. The van der Waals surface area contributed by atoms with Crippen molar-refractivity contribution < 1.29 is 19.4 Å². The summed E-state index contributed by atoms with van der Waals surface area (Å²) in [6.45, 7) is 1.07. The van der Waals surface area contributed by atoms with Crippen LogP contribution in [0.4, 0.5) is 11.5 Å². The second kappa shape index (κ2) is 8.01. The van der Waals surface area contributed by atoms with E-state index in [0.717, 1.165) is 22.4 Å². The molecule has 0 bridgehead atoms. The first-order chi connectivity index (χ1) is 13.0. The summed E-state index contributed by atoms with van der Waals surface area (Å²) < 4.78 is 10.8. The van der Waals surface area contributed by atoms with Gasteiger partial charge in [0.25, 0.3) is 0 Å². The largest absolute Gasteiger partial charge is 0.493 e. The number of rotatable bonds is 7. The summed E-state index contributed by atoms with van der Waals surface area (Å²) >= 11 is 0. The highest BCUT2D eigenvalue weighted by molar-refractivity contribution is 5.91. The van der Waals surface area contributed by atoms with Crippen LogP contribution < -0.4 is 14.4 Å². The molecule has 0 aliphatic heterocycles. The van der Waals surface area contributed by atoms with E-state index in [0.29, 0.717) is 17.3 Å². The minimum atomic E-state index is -0.561. The molecule has 3 aromatic rings. The normalized spacial score (nSPS) is 10.7. The molecule has 0 atom stereocenters. The fraction of sp³-hybridized carbons (Fsp3) is 0.250. The third kappa shape index (κ3) is 3.98. The second-order valence-electron chi connectivity index (χ2n) is 5.99. The number of hydrogen-bond donors (Lipinski definition) is 1. The van der Waals surface area contributed by atoms with E-state index in [-0.39, 0.29) is 6.61 Å². The van der Waals surface area contributed by atoms with E-state index in [2.05, 4.69) is 9.97 Å². The van der Waals surface area contributed by atoms with E-state index in [1.807, 2.05) is 49.2 Å². The van der Waals surface area contributed by atoms with Gasteiger partial charge in [0.15, 0.2) is 17.3 Å². The molecule has 1 N–H and O–H groups in total. The monoisotopic (exact) mass is 367 g/mol. The van der Waals surface area contributed by atoms with E-state index in [9.17, 15) is 4.79 Å². The summed E-state index contributed by atoms with van der Waals surface area (Å²) in [5.41, 5.74) is 1.68. The number of methoxy groups -OCH3 is 1. The number of aryl methyl sites for hydroxylation is 1. The smallest absolute Gasteiger partial charge is 0.195 e. The number of fused-ring (bicyclic) bond motifs is 1. The Labute approximate surface area is 157 Å². The van der Waals surface area contributed by atoms with Gasteiger partial charge in [0.1, 0.15) is 24.9 Å². The highest BCUT2D eigenvalue weighted by atomic mass is 16.5. The van der Waals surface area contributed by atoms with Crippen molar-refractivity contribution in [3.8, 4) is 11.5 Å². The van der Waals surface area contributed by atoms with Crippen molar-refractivity contribution in [1.82, 2.24) is 9.97 Å². The molecule has 7 nitrogen and oxygen atoms in total. The molecule has 140 valence electrons. The Morgan fingerprint density at radius 2 is 1.93 bits per heavy atom. The number of para-hydroxylation sites is 1. The van der Waals surface area contributed by atoms with E-state index >= 15 is 0 Å². The first-order valence-corrected chi connectivity index (χ1v) is 8.44. The summed E-state index contributed by atoms with van der Waals surface area (Å²) in [4.78, 5) is 22.4. The SMILES string of the molecule is COc1ccc(N(C)c2nc(C)nc3ccccc23)cc1OCC(=O)CO. The van der Waals surface area contributed by atoms with Crippen molar-refractivity contribution in [2.24, 2.45) is 0 Å². The quantitative estimate of drug-likeness (QED) is 0.687. The highest BCUT2D eigenvalue weighted by Crippen LogP contribution is 2.35. The Balaban J connectivity index is 2.00. The zero-order valence-electron chi connectivity index (χ0n) is 15.5. The molecule has 0 aliphatic rings. The van der Waals surface area contributed by atoms with E-state index < -0.39 is 12.4 Å². The number of hydrogen-bond acceptors (Lipinski definition) is 7. The minimum absolute atomic E-state index is 0.227. The number of ether oxygens (including phenoxy) is 2. The number of nitrogens with zero attached hydrogens (tertiary/aromatic N) is 3. The Kier molecular flexibility index (Phi) is 5.52. The number of Topliss-reactive ketones (excluding diaryl/α,β-unsaturated/α-hetero) is 1. The molecule has 0 saturated heterocycles. The summed E-state index contributed by atoms with van der Waals surface area (Å²) in [5.74, 6) is 1.95. The van der Waals surface area contributed by atoms with Gasteiger partial charge in [0, 0.05) is 24.2 Å². The third-order valence-electron chi connectivity index (χ3n) is 4.11. The average molecular weight is 367 g/mol. The molecule has 1 heterocycles. The molecule has 1 aromatic heterocycles. The Morgan fingerprint density at radius 1 is 1.15 bits per heavy atom. The fourth-order valence-electron chi connectivity index (χ4n) is 2.74. The second-order valence-corrected chi connectivity index (χ2v) is 5.99. The number of aliphatic hydroxyl groups is 1. The number of aliphatic hydroxyl groups excluding tert-OH is 1. The van der Waals surface area contributed by atoms with Gasteiger partial charge in [-0.3, -0.25) is 4.79 Å². The molecule has 0 amide bonds. The van der Waals surface area contributed by atoms with Crippen LogP contribution in [0.2, 0.25) is 0 Å². The lowest BCUT2D eigenvalue weighted by Crippen LogP contribution is -2.16. The van der Waals surface area contributed by atoms with Crippen LogP contribution in [-0.2, 0) is 4.79 Å². The average Bonchev–Trinajstić information content (AvgIpc) is 2.70. The van der Waals surface area contributed by atoms with Crippen molar-refractivity contribution in [3.05, 3.63) is 48.3 Å². The Hall–Kier alpha value is -3.19. The van der Waals surface area contributed by atoms with E-state index in [1.54, 1.807) is 12.1 Å². The van der Waals surface area contributed by atoms with Crippen molar-refractivity contribution in [3.63, 3.8) is 0 Å². The molecule has 7 heteroatoms. The van der Waals surface area contributed by atoms with Crippen LogP contribution in [0, 0.1) is 6.92 Å². The Morgan fingerprint density at radius 3 is 2.67 bits per heavy atom. The van der Waals surface area contributed by atoms with Gasteiger partial charge in [-0.05, 0) is 31.2 Å². The van der Waals surface area contributed by atoms with Gasteiger partial charge in [-0.15, -0.1) is 0 Å². The van der Waals surface area contributed by atoms with Gasteiger partial charge in [-0.1, -0.05) is 12.1 Å². The van der Waals surface area contributed by atoms with Crippen molar-refractivity contribution >= 4 is 28.2 Å². The number of anilines is 2. The number of aromatic nitrogens is 2. The maximum atomic E-state index is 11.4. The van der Waals surface area contributed by atoms with Gasteiger partial charge >= 0.3 is 0 Å². The molecule has 3 rings (SSSR count). The molecular weight excluding hydrogens is 346 g/mol. The molecule has 2 aromatic carbocycles. The molecule has 0 spiro atoms. The number of benzene rings is 2. The number of carbonyl (C=O) groups is 1. The molecule has 0 aliphatic carbocycles. The van der Waals surface area contributed by atoms with Crippen LogP contribution in [0.1, 0.15) is 5.82 Å². The van der Waals surface area contributed by atoms with Crippen molar-refractivity contribution in [1.29, 1.82) is 0 Å². The summed E-state index contributed by atoms with van der Waals surface area (Å²) in [6.07, 6.45) is 0. The van der Waals surface area contributed by atoms with Gasteiger partial charge in [-0.25, -0.2) is 9.97 Å². The molecular formula is C20H21N3O4. The molecule has 0 unspecified atom stereocenters. The lowest BCUT2D eigenvalue weighted by molar-refractivity contribution is -0.123. The molecule has 0 saturated carbocycles. The predicted octanol–water partition coefficient (Wildman–Crippen LogP) is 2.65. The Bertz CT molecular complexity index is 975. The topological polar surface area (TPSA) is 84.8 Å². The minimum Gasteiger partial charge on any atom is -0.493 e. The summed E-state index contributed by atoms with van der Waals surface area (Å²) in [7, 11) is 3.43. The zero-order valence-corrected chi connectivity index (χ0v) is 15.5. The lowest BCUT2D eigenvalue weighted by Gasteiger charge is -2.22. The highest BCUT2D eigenvalue weighted by Gasteiger charge is 2.15. The van der Waals surface area contributed by atoms with Crippen LogP contribution in [0.5, 0.6) is 11.5 Å². The van der Waals surface area contributed by atoms with Crippen molar-refractivity contribution in [2.75, 3.05) is 32.3 Å². The predicted molar refractivity (Wildman–Crippen MR) is 103 cm³/mol. The fourth-order valence-corrected chi connectivity index (χ4v) is 2.74. The molecule has 0 radical (unpaired) electrons. The number of ketones is 1. The van der Waals surface area contributed by atoms with Gasteiger partial charge < -0.3 is 19.5 Å². The maximum absolute atomic E-state index is 11.4. The molecule has 27 heavy (non-hydrogen) atoms. The lowest BCUT2D eigenvalue weighted by atomic mass is 10.2. The first-order valence-electron chi connectivity index (χ1n) is 8.44. The summed E-state index contributed by atoms with van der Waals surface area (Å²) in [6, 6.07) is 13.2. The zero-order chi connectivity index (χ0) is 19.4. The van der Waals surface area contributed by atoms with Crippen LogP contribution >= 0.6 is 0 Å². The van der Waals surface area contributed by atoms with E-state index in [4.69, 9.17) is 14.6 Å². The standard InChI is InChI=1S/C20H21N3O4/c1-13-21-17-7-5-4-6-16(17)20(22-13)23(2)14-8-9-18(26-3)19(10-14)27-12-15(25)11-24/h4-10,24H,11-12H2,1-3H3. The van der Waals surface area contributed by atoms with Crippen LogP contribution in [-0.4, -0.2) is 48.2 Å². The van der Waals surface area contributed by atoms with E-state index in [1.165, 1.54) is 7.11 Å². The van der Waals surface area contributed by atoms with Crippen LogP contribution in [0.3, 0.4) is 0 Å². The van der Waals surface area contributed by atoms with Gasteiger partial charge in [0.2, 0.25) is 0 Å². The summed E-state index contributed by atoms with van der Waals surface area (Å²) in [5, 5.41) is 9.80. The van der Waals surface area contributed by atoms with Crippen LogP contribution in [0.15, 0.2) is 42.5 Å². The maximum Gasteiger partial charge on any atom is 0.195 e. The van der Waals surface area contributed by atoms with Crippen molar-refractivity contribution in [2.45, 2.75) is 6.92 Å².